The number of rotatable bonds is 18. The smallest absolute Gasteiger partial charge is 0.472 e. The van der Waals surface area contributed by atoms with Gasteiger partial charge in [-0.3, -0.25) is 28.2 Å². The van der Waals surface area contributed by atoms with Crippen molar-refractivity contribution in [2.75, 3.05) is 33.0 Å². The summed E-state index contributed by atoms with van der Waals surface area (Å²) in [6.45, 7) is 8.14. The number of nitrogens with one attached hydrogen (secondary N) is 1. The van der Waals surface area contributed by atoms with Gasteiger partial charge in [0.05, 0.1) is 18.8 Å². The molecule has 0 aromatic rings. The fourth-order valence-corrected chi connectivity index (χ4v) is 3.27. The Morgan fingerprint density at radius 2 is 1.57 bits per heavy atom. The van der Waals surface area contributed by atoms with Gasteiger partial charge in [-0.2, -0.15) is 0 Å². The fraction of sp³-hybridized carbons (Fsp3) is 0.810. The van der Waals surface area contributed by atoms with Gasteiger partial charge in [-0.25, -0.2) is 4.57 Å². The van der Waals surface area contributed by atoms with Gasteiger partial charge >= 0.3 is 25.7 Å². The third-order valence-electron chi connectivity index (χ3n) is 4.65. The Morgan fingerprint density at radius 3 is 2.11 bits per heavy atom. The highest BCUT2D eigenvalue weighted by Gasteiger charge is 2.30. The Hall–Kier alpha value is -2.05. The number of phosphoric ester groups is 1. The summed E-state index contributed by atoms with van der Waals surface area (Å²) in [4.78, 5) is 54.9. The molecule has 0 heterocycles. The Labute approximate surface area is 205 Å². The first kappa shape index (κ1) is 33.0. The number of ether oxygens (including phenoxy) is 3. The van der Waals surface area contributed by atoms with Crippen LogP contribution < -0.4 is 5.32 Å². The highest BCUT2D eigenvalue weighted by Crippen LogP contribution is 2.43. The molecule has 0 spiro atoms. The van der Waals surface area contributed by atoms with E-state index in [4.69, 9.17) is 28.4 Å². The molecule has 1 unspecified atom stereocenters. The van der Waals surface area contributed by atoms with Gasteiger partial charge in [0.2, 0.25) is 5.91 Å². The summed E-state index contributed by atoms with van der Waals surface area (Å²) < 4.78 is 36.9. The molecule has 3 N–H and O–H groups in total. The molecule has 0 aliphatic carbocycles. The first-order chi connectivity index (χ1) is 16.0. The van der Waals surface area contributed by atoms with E-state index in [1.807, 2.05) is 0 Å². The third kappa shape index (κ3) is 17.1. The minimum Gasteiger partial charge on any atom is -0.481 e. The number of carbonyl (C=O) groups excluding carboxylic acids is 3. The predicted molar refractivity (Wildman–Crippen MR) is 122 cm³/mol. The van der Waals surface area contributed by atoms with Crippen LogP contribution in [0.5, 0.6) is 0 Å². The van der Waals surface area contributed by atoms with E-state index < -0.39 is 49.5 Å². The molecule has 0 aliphatic rings. The number of aliphatic carboxylic acids is 1. The highest BCUT2D eigenvalue weighted by atomic mass is 31.2. The second-order valence-corrected chi connectivity index (χ2v) is 10.5. The van der Waals surface area contributed by atoms with Crippen LogP contribution in [0.3, 0.4) is 0 Å². The van der Waals surface area contributed by atoms with Crippen LogP contribution in [0, 0.1) is 5.41 Å². The maximum absolute atomic E-state index is 12.5. The van der Waals surface area contributed by atoms with Gasteiger partial charge in [-0.05, 0) is 26.7 Å². The molecule has 13 nitrogen and oxygen atoms in total. The number of carbonyl (C=O) groups is 4. The molecular formula is C21H38NO12P. The van der Waals surface area contributed by atoms with E-state index in [0.29, 0.717) is 12.8 Å². The molecule has 204 valence electrons. The molecule has 0 radical (unpaired) electrons. The molecule has 0 bridgehead atoms. The summed E-state index contributed by atoms with van der Waals surface area (Å²) in [6.07, 6.45) is -0.429. The molecule has 0 aromatic heterocycles. The van der Waals surface area contributed by atoms with Crippen LogP contribution in [0.15, 0.2) is 0 Å². The van der Waals surface area contributed by atoms with Crippen molar-refractivity contribution < 1.29 is 57.0 Å². The maximum atomic E-state index is 12.5. The molecule has 35 heavy (non-hydrogen) atoms. The van der Waals surface area contributed by atoms with E-state index in [2.05, 4.69) is 5.32 Å². The highest BCUT2D eigenvalue weighted by molar-refractivity contribution is 7.47. The lowest BCUT2D eigenvalue weighted by Crippen LogP contribution is -2.39. The summed E-state index contributed by atoms with van der Waals surface area (Å²) in [6, 6.07) is 0. The number of esters is 2. The molecule has 1 amide bonds. The summed E-state index contributed by atoms with van der Waals surface area (Å²) in [7, 11) is -4.53. The third-order valence-corrected chi connectivity index (χ3v) is 5.63. The monoisotopic (exact) mass is 527 g/mol. The molecule has 2 atom stereocenters. The Balaban J connectivity index is 4.42. The molecule has 0 rings (SSSR count). The maximum Gasteiger partial charge on any atom is 0.472 e. The average molecular weight is 528 g/mol. The first-order valence-corrected chi connectivity index (χ1v) is 12.5. The van der Waals surface area contributed by atoms with E-state index in [9.17, 15) is 28.6 Å². The molecule has 14 heteroatoms. The lowest BCUT2D eigenvalue weighted by molar-refractivity contribution is -0.158. The van der Waals surface area contributed by atoms with Crippen molar-refractivity contribution in [1.82, 2.24) is 5.32 Å². The number of hydrogen-bond donors (Lipinski definition) is 3. The minimum absolute atomic E-state index is 0.0219. The standard InChI is InChI=1S/C21H38NO12P/c1-15(23)30-13-17(34-16(2)24)14-33-35(28,29)32-12-10-22-19(27)20(3,4)9-11-31-21(5,6)8-7-18(25)26/h17H,7-14H2,1-6H3,(H,22,27)(H,25,26)(H,28,29)/t17-/m1/s1. The summed E-state index contributed by atoms with van der Waals surface area (Å²) in [5.41, 5.74) is -1.47. The van der Waals surface area contributed by atoms with Crippen molar-refractivity contribution in [2.45, 2.75) is 72.5 Å². The normalized spacial score (nSPS) is 14.5. The molecule has 0 fully saturated rings. The van der Waals surface area contributed by atoms with Crippen LogP contribution in [-0.4, -0.2) is 78.5 Å². The zero-order valence-electron chi connectivity index (χ0n) is 21.2. The fourth-order valence-electron chi connectivity index (χ4n) is 2.52. The summed E-state index contributed by atoms with van der Waals surface area (Å²) >= 11 is 0. The quantitative estimate of drug-likeness (QED) is 0.134. The molecule has 0 aromatic carbocycles. The second-order valence-electron chi connectivity index (χ2n) is 9.02. The number of phosphoric acid groups is 1. The zero-order valence-corrected chi connectivity index (χ0v) is 22.1. The van der Waals surface area contributed by atoms with Crippen LogP contribution >= 0.6 is 7.82 Å². The van der Waals surface area contributed by atoms with Crippen molar-refractivity contribution in [3.8, 4) is 0 Å². The van der Waals surface area contributed by atoms with Crippen LogP contribution in [-0.2, 0) is 47.0 Å². The summed E-state index contributed by atoms with van der Waals surface area (Å²) in [5.74, 6) is -2.57. The van der Waals surface area contributed by atoms with Crippen molar-refractivity contribution in [3.63, 3.8) is 0 Å². The van der Waals surface area contributed by atoms with E-state index in [0.717, 1.165) is 13.8 Å². The molecule has 0 aliphatic heterocycles. The van der Waals surface area contributed by atoms with Crippen molar-refractivity contribution in [2.24, 2.45) is 5.41 Å². The number of hydrogen-bond acceptors (Lipinski definition) is 10. The zero-order chi connectivity index (χ0) is 27.3. The van der Waals surface area contributed by atoms with Gasteiger partial charge in [-0.1, -0.05) is 13.8 Å². The van der Waals surface area contributed by atoms with Crippen molar-refractivity contribution in [3.05, 3.63) is 0 Å². The Bertz CT molecular complexity index is 767. The van der Waals surface area contributed by atoms with Crippen LogP contribution in [0.2, 0.25) is 0 Å². The summed E-state index contributed by atoms with van der Waals surface area (Å²) in [5, 5.41) is 11.4. The van der Waals surface area contributed by atoms with Crippen LogP contribution in [0.1, 0.15) is 60.8 Å². The second kappa shape index (κ2) is 15.1. The van der Waals surface area contributed by atoms with E-state index >= 15 is 0 Å². The number of amides is 1. The molecule has 0 saturated carbocycles. The first-order valence-electron chi connectivity index (χ1n) is 11.0. The van der Waals surface area contributed by atoms with Gasteiger partial charge in [0.25, 0.3) is 0 Å². The predicted octanol–water partition coefficient (Wildman–Crippen LogP) is 1.81. The van der Waals surface area contributed by atoms with Crippen molar-refractivity contribution in [1.29, 1.82) is 0 Å². The number of carboxylic acids is 1. The van der Waals surface area contributed by atoms with Crippen LogP contribution in [0.4, 0.5) is 0 Å². The van der Waals surface area contributed by atoms with E-state index in [1.54, 1.807) is 27.7 Å². The Morgan fingerprint density at radius 1 is 0.943 bits per heavy atom. The number of carboxylic acid groups (broad SMARTS) is 1. The molecular weight excluding hydrogens is 489 g/mol. The lowest BCUT2D eigenvalue weighted by atomic mass is 9.88. The lowest BCUT2D eigenvalue weighted by Gasteiger charge is -2.28. The van der Waals surface area contributed by atoms with Crippen molar-refractivity contribution >= 4 is 31.6 Å². The van der Waals surface area contributed by atoms with Gasteiger partial charge < -0.3 is 29.5 Å². The van der Waals surface area contributed by atoms with Gasteiger partial charge in [-0.15, -0.1) is 0 Å². The van der Waals surface area contributed by atoms with Gasteiger partial charge in [0, 0.05) is 38.8 Å². The SMILES string of the molecule is CC(=O)OC[C@H](COP(=O)(O)OCCNC(=O)C(C)(C)CCOC(C)(C)CCC(=O)O)OC(C)=O. The minimum atomic E-state index is -4.53. The average Bonchev–Trinajstić information content (AvgIpc) is 2.71. The topological polar surface area (TPSA) is 184 Å². The largest absolute Gasteiger partial charge is 0.481 e. The van der Waals surface area contributed by atoms with E-state index in [1.165, 1.54) is 0 Å². The Kier molecular flexibility index (Phi) is 14.3. The van der Waals surface area contributed by atoms with Gasteiger partial charge in [0.15, 0.2) is 6.10 Å². The van der Waals surface area contributed by atoms with Crippen LogP contribution in [0.25, 0.3) is 0 Å². The van der Waals surface area contributed by atoms with Gasteiger partial charge in [0.1, 0.15) is 6.61 Å². The molecule has 0 saturated heterocycles. The van der Waals surface area contributed by atoms with E-state index in [-0.39, 0.29) is 38.7 Å².